The normalized spacial score (nSPS) is 38.6. The van der Waals surface area contributed by atoms with Crippen molar-refractivity contribution in [2.24, 2.45) is 17.8 Å². The van der Waals surface area contributed by atoms with Gasteiger partial charge in [0.1, 0.15) is 17.3 Å². The molecule has 0 spiro atoms. The van der Waals surface area contributed by atoms with E-state index in [-0.39, 0.29) is 12.3 Å². The van der Waals surface area contributed by atoms with Gasteiger partial charge in [-0.3, -0.25) is 4.79 Å². The number of aliphatic hydroxyl groups is 4. The molecule has 194 valence electrons. The molecule has 2 aliphatic rings. The summed E-state index contributed by atoms with van der Waals surface area (Å²) in [5.41, 5.74) is -3.58. The molecule has 0 aromatic carbocycles. The maximum Gasteiger partial charge on any atom is 0.308 e. The standard InChI is InChI=1S/C24H44O9/c1-10-15(25)23(8)20-24(9,33-21(5,6)32-20)18(31-23)12(2)11-22(7,30)17(27)13(3)16(26)14(4)19(28)29/h12-18,20,25-27,30H,10-11H2,1-9H3,(H,28,29)/t12-,13+,14-,15-,16+,17-,18+,20-,22-,23-,24+/m1/s1. The van der Waals surface area contributed by atoms with Crippen molar-refractivity contribution in [1.29, 1.82) is 0 Å². The van der Waals surface area contributed by atoms with Crippen LogP contribution in [0.5, 0.6) is 0 Å². The lowest BCUT2D eigenvalue weighted by Crippen LogP contribution is -2.53. The highest BCUT2D eigenvalue weighted by atomic mass is 16.8. The maximum atomic E-state index is 11.2. The first-order valence-corrected chi connectivity index (χ1v) is 11.9. The number of carboxylic acid groups (broad SMARTS) is 1. The Morgan fingerprint density at radius 2 is 1.61 bits per heavy atom. The maximum absolute atomic E-state index is 11.2. The molecule has 33 heavy (non-hydrogen) atoms. The van der Waals surface area contributed by atoms with Crippen molar-refractivity contribution in [3.05, 3.63) is 0 Å². The lowest BCUT2D eigenvalue weighted by atomic mass is 9.74. The summed E-state index contributed by atoms with van der Waals surface area (Å²) >= 11 is 0. The van der Waals surface area contributed by atoms with Crippen LogP contribution in [-0.4, -0.2) is 84.6 Å². The molecule has 0 amide bonds. The van der Waals surface area contributed by atoms with Crippen molar-refractivity contribution in [3.63, 3.8) is 0 Å². The molecule has 2 heterocycles. The van der Waals surface area contributed by atoms with Crippen LogP contribution in [0.25, 0.3) is 0 Å². The van der Waals surface area contributed by atoms with Crippen LogP contribution in [0.2, 0.25) is 0 Å². The van der Waals surface area contributed by atoms with Crippen LogP contribution in [0.1, 0.15) is 75.2 Å². The third-order valence-electron chi connectivity index (χ3n) is 7.73. The third-order valence-corrected chi connectivity index (χ3v) is 7.73. The van der Waals surface area contributed by atoms with Crippen LogP contribution in [0.4, 0.5) is 0 Å². The quantitative estimate of drug-likeness (QED) is 0.318. The van der Waals surface area contributed by atoms with Crippen LogP contribution in [0, 0.1) is 17.8 Å². The Bertz CT molecular complexity index is 710. The van der Waals surface area contributed by atoms with Crippen molar-refractivity contribution in [2.45, 2.75) is 128 Å². The number of carboxylic acids is 1. The molecule has 0 bridgehead atoms. The van der Waals surface area contributed by atoms with Gasteiger partial charge in [-0.2, -0.15) is 0 Å². The number of fused-ring (bicyclic) bond motifs is 1. The lowest BCUT2D eigenvalue weighted by Gasteiger charge is -2.40. The predicted molar refractivity (Wildman–Crippen MR) is 120 cm³/mol. The molecule has 0 saturated carbocycles. The van der Waals surface area contributed by atoms with Crippen molar-refractivity contribution >= 4 is 5.97 Å². The second-order valence-electron chi connectivity index (χ2n) is 11.3. The summed E-state index contributed by atoms with van der Waals surface area (Å²) in [7, 11) is 0. The van der Waals surface area contributed by atoms with E-state index in [1.165, 1.54) is 20.8 Å². The van der Waals surface area contributed by atoms with E-state index < -0.39 is 70.9 Å². The van der Waals surface area contributed by atoms with Gasteiger partial charge in [0, 0.05) is 5.92 Å². The summed E-state index contributed by atoms with van der Waals surface area (Å²) < 4.78 is 18.9. The van der Waals surface area contributed by atoms with E-state index in [1.807, 2.05) is 34.6 Å². The van der Waals surface area contributed by atoms with E-state index in [4.69, 9.17) is 14.2 Å². The fourth-order valence-electron chi connectivity index (χ4n) is 5.93. The molecule has 2 fully saturated rings. The van der Waals surface area contributed by atoms with E-state index in [2.05, 4.69) is 0 Å². The van der Waals surface area contributed by atoms with Crippen LogP contribution in [0.3, 0.4) is 0 Å². The van der Waals surface area contributed by atoms with Gasteiger partial charge in [-0.1, -0.05) is 20.8 Å². The molecule has 0 aromatic heterocycles. The second-order valence-corrected chi connectivity index (χ2v) is 11.3. The average Bonchev–Trinajstić information content (AvgIpc) is 3.09. The fraction of sp³-hybridized carbons (Fsp3) is 0.958. The molecule has 9 nitrogen and oxygen atoms in total. The highest BCUT2D eigenvalue weighted by molar-refractivity contribution is 5.70. The number of carbonyl (C=O) groups is 1. The lowest BCUT2D eigenvalue weighted by molar-refractivity contribution is -0.241. The minimum absolute atomic E-state index is 0.0851. The Labute approximate surface area is 197 Å². The molecule has 0 aromatic rings. The van der Waals surface area contributed by atoms with E-state index in [1.54, 1.807) is 6.92 Å². The summed E-state index contributed by atoms with van der Waals surface area (Å²) in [4.78, 5) is 11.2. The first-order chi connectivity index (χ1) is 14.8. The van der Waals surface area contributed by atoms with E-state index in [0.717, 1.165) is 0 Å². The topological polar surface area (TPSA) is 146 Å². The summed E-state index contributed by atoms with van der Waals surface area (Å²) in [5.74, 6) is -4.38. The van der Waals surface area contributed by atoms with Crippen LogP contribution in [0.15, 0.2) is 0 Å². The number of rotatable bonds is 10. The molecule has 11 atom stereocenters. The van der Waals surface area contributed by atoms with E-state index in [0.29, 0.717) is 6.42 Å². The van der Waals surface area contributed by atoms with Gasteiger partial charge in [0.05, 0.1) is 35.9 Å². The minimum atomic E-state index is -1.65. The number of aliphatic hydroxyl groups excluding tert-OH is 3. The van der Waals surface area contributed by atoms with Crippen molar-refractivity contribution in [2.75, 3.05) is 0 Å². The fourth-order valence-corrected chi connectivity index (χ4v) is 5.93. The van der Waals surface area contributed by atoms with Gasteiger partial charge in [0.25, 0.3) is 0 Å². The molecule has 0 radical (unpaired) electrons. The van der Waals surface area contributed by atoms with Gasteiger partial charge >= 0.3 is 5.97 Å². The molecule has 0 aliphatic carbocycles. The van der Waals surface area contributed by atoms with Crippen molar-refractivity contribution in [3.8, 4) is 0 Å². The second kappa shape index (κ2) is 9.33. The van der Waals surface area contributed by atoms with Gasteiger partial charge in [-0.05, 0) is 60.3 Å². The monoisotopic (exact) mass is 476 g/mol. The van der Waals surface area contributed by atoms with E-state index >= 15 is 0 Å². The Morgan fingerprint density at radius 3 is 2.09 bits per heavy atom. The Balaban J connectivity index is 2.27. The van der Waals surface area contributed by atoms with Crippen molar-refractivity contribution in [1.82, 2.24) is 0 Å². The van der Waals surface area contributed by atoms with Gasteiger partial charge < -0.3 is 39.7 Å². The number of hydrogen-bond acceptors (Lipinski definition) is 8. The van der Waals surface area contributed by atoms with Crippen LogP contribution >= 0.6 is 0 Å². The molecule has 5 N–H and O–H groups in total. The Morgan fingerprint density at radius 1 is 1.06 bits per heavy atom. The Kier molecular flexibility index (Phi) is 8.04. The van der Waals surface area contributed by atoms with E-state index in [9.17, 15) is 30.3 Å². The average molecular weight is 477 g/mol. The summed E-state index contributed by atoms with van der Waals surface area (Å²) in [6.07, 6.45) is -4.08. The van der Waals surface area contributed by atoms with Gasteiger partial charge in [0.2, 0.25) is 0 Å². The number of aliphatic carboxylic acids is 1. The largest absolute Gasteiger partial charge is 0.481 e. The smallest absolute Gasteiger partial charge is 0.308 e. The summed E-state index contributed by atoms with van der Waals surface area (Å²) in [6, 6.07) is 0. The first-order valence-electron chi connectivity index (χ1n) is 11.9. The molecule has 2 saturated heterocycles. The summed E-state index contributed by atoms with van der Waals surface area (Å²) in [6.45, 7) is 15.4. The first kappa shape index (κ1) is 28.4. The van der Waals surface area contributed by atoms with Gasteiger partial charge in [-0.15, -0.1) is 0 Å². The van der Waals surface area contributed by atoms with Gasteiger partial charge in [-0.25, -0.2) is 0 Å². The Hall–Kier alpha value is -0.810. The van der Waals surface area contributed by atoms with Crippen LogP contribution < -0.4 is 0 Å². The highest BCUT2D eigenvalue weighted by Gasteiger charge is 2.70. The number of ether oxygens (including phenoxy) is 3. The molecular weight excluding hydrogens is 432 g/mol. The number of hydrogen-bond donors (Lipinski definition) is 5. The predicted octanol–water partition coefficient (Wildman–Crippen LogP) is 1.68. The molecule has 2 aliphatic heterocycles. The van der Waals surface area contributed by atoms with Crippen LogP contribution in [-0.2, 0) is 19.0 Å². The molecule has 9 heteroatoms. The summed E-state index contributed by atoms with van der Waals surface area (Å²) in [5, 5.41) is 52.4. The molecule has 2 rings (SSSR count). The van der Waals surface area contributed by atoms with Crippen molar-refractivity contribution < 1.29 is 44.5 Å². The zero-order chi connectivity index (χ0) is 25.7. The highest BCUT2D eigenvalue weighted by Crippen LogP contribution is 2.54. The third kappa shape index (κ3) is 5.10. The zero-order valence-corrected chi connectivity index (χ0v) is 21.4. The SMILES string of the molecule is CC[C@@H](O)[C@@]1(C)O[C@@H]([C@H](C)C[C@@](C)(O)[C@H](O)[C@@H](C)[C@H](O)[C@@H](C)C(=O)O)[C@]2(C)OC(C)(C)O[C@H]12. The van der Waals surface area contributed by atoms with Gasteiger partial charge in [0.15, 0.2) is 5.79 Å². The zero-order valence-electron chi connectivity index (χ0n) is 21.4. The molecular formula is C24H44O9. The minimum Gasteiger partial charge on any atom is -0.481 e. The molecule has 0 unspecified atom stereocenters.